The van der Waals surface area contributed by atoms with Gasteiger partial charge in [0.25, 0.3) is 0 Å². The van der Waals surface area contributed by atoms with Gasteiger partial charge in [-0.2, -0.15) is 5.26 Å². The molecular weight excluding hydrogens is 190 g/mol. The highest BCUT2D eigenvalue weighted by Gasteiger charge is 2.16. The Hall–Kier alpha value is -1.08. The van der Waals surface area contributed by atoms with Crippen molar-refractivity contribution in [1.29, 1.82) is 5.26 Å². The summed E-state index contributed by atoms with van der Waals surface area (Å²) >= 11 is 0. The largest absolute Gasteiger partial charge is 0.354 e. The van der Waals surface area contributed by atoms with Gasteiger partial charge in [-0.1, -0.05) is 6.42 Å². The molecule has 0 bridgehead atoms. The van der Waals surface area contributed by atoms with E-state index in [1.54, 1.807) is 0 Å². The molecule has 0 aromatic heterocycles. The Balaban J connectivity index is 2.20. The maximum Gasteiger partial charge on any atom is 0.234 e. The molecule has 0 spiro atoms. The highest BCUT2D eigenvalue weighted by Crippen LogP contribution is 2.11. The Kier molecular flexibility index (Phi) is 5.13. The number of nitrogens with one attached hydrogen (secondary N) is 1. The Morgan fingerprint density at radius 3 is 2.73 bits per heavy atom. The monoisotopic (exact) mass is 209 g/mol. The van der Waals surface area contributed by atoms with Crippen LogP contribution in [-0.4, -0.2) is 36.5 Å². The molecule has 0 saturated carbocycles. The smallest absolute Gasteiger partial charge is 0.234 e. The molecular formula is C11H19N3O. The van der Waals surface area contributed by atoms with Crippen LogP contribution in [-0.2, 0) is 4.79 Å². The molecule has 15 heavy (non-hydrogen) atoms. The second kappa shape index (κ2) is 6.41. The lowest BCUT2D eigenvalue weighted by Crippen LogP contribution is -2.44. The summed E-state index contributed by atoms with van der Waals surface area (Å²) in [7, 11) is 0. The summed E-state index contributed by atoms with van der Waals surface area (Å²) in [5.41, 5.74) is 0. The zero-order valence-corrected chi connectivity index (χ0v) is 9.33. The van der Waals surface area contributed by atoms with Crippen molar-refractivity contribution in [2.24, 2.45) is 0 Å². The summed E-state index contributed by atoms with van der Waals surface area (Å²) in [5, 5.41) is 11.1. The van der Waals surface area contributed by atoms with Gasteiger partial charge in [-0.15, -0.1) is 0 Å². The third-order valence-corrected chi connectivity index (χ3v) is 2.85. The fraction of sp³-hybridized carbons (Fsp3) is 0.818. The third-order valence-electron chi connectivity index (χ3n) is 2.85. The lowest BCUT2D eigenvalue weighted by Gasteiger charge is -2.32. The number of nitrogens with zero attached hydrogens (tertiary/aromatic N) is 2. The van der Waals surface area contributed by atoms with E-state index in [2.05, 4.69) is 17.1 Å². The Morgan fingerprint density at radius 2 is 2.13 bits per heavy atom. The van der Waals surface area contributed by atoms with Crippen LogP contribution in [0, 0.1) is 11.3 Å². The van der Waals surface area contributed by atoms with E-state index in [-0.39, 0.29) is 12.3 Å². The van der Waals surface area contributed by atoms with Crippen molar-refractivity contribution in [1.82, 2.24) is 10.2 Å². The number of carbonyl (C=O) groups is 1. The van der Waals surface area contributed by atoms with Crippen LogP contribution in [0.25, 0.3) is 0 Å². The quantitative estimate of drug-likeness (QED) is 0.748. The number of hydrogen-bond acceptors (Lipinski definition) is 3. The number of piperidine rings is 1. The number of carbonyl (C=O) groups excluding carboxylic acids is 1. The zero-order chi connectivity index (χ0) is 11.1. The van der Waals surface area contributed by atoms with E-state index in [1.807, 2.05) is 6.07 Å². The number of hydrogen-bond donors (Lipinski definition) is 1. The van der Waals surface area contributed by atoms with Crippen molar-refractivity contribution in [3.63, 3.8) is 0 Å². The number of likely N-dealkylation sites (tertiary alicyclic amines) is 1. The summed E-state index contributed by atoms with van der Waals surface area (Å²) in [6, 6.07) is 2.23. The van der Waals surface area contributed by atoms with Crippen LogP contribution in [0.5, 0.6) is 0 Å². The molecule has 1 heterocycles. The Bertz CT molecular complexity index is 241. The van der Waals surface area contributed by atoms with E-state index in [9.17, 15) is 4.79 Å². The van der Waals surface area contributed by atoms with Gasteiger partial charge in [0.2, 0.25) is 5.91 Å². The fourth-order valence-corrected chi connectivity index (χ4v) is 1.88. The normalized spacial score (nSPS) is 19.2. The molecule has 1 fully saturated rings. The fourth-order valence-electron chi connectivity index (χ4n) is 1.88. The minimum atomic E-state index is -0.165. The van der Waals surface area contributed by atoms with Crippen molar-refractivity contribution in [3.8, 4) is 6.07 Å². The summed E-state index contributed by atoms with van der Waals surface area (Å²) < 4.78 is 0. The van der Waals surface area contributed by atoms with Gasteiger partial charge in [0.1, 0.15) is 6.42 Å². The Morgan fingerprint density at radius 1 is 1.47 bits per heavy atom. The van der Waals surface area contributed by atoms with Gasteiger partial charge in [-0.05, 0) is 32.9 Å². The van der Waals surface area contributed by atoms with Gasteiger partial charge < -0.3 is 5.32 Å². The van der Waals surface area contributed by atoms with Crippen LogP contribution in [0.15, 0.2) is 0 Å². The van der Waals surface area contributed by atoms with Gasteiger partial charge in [0, 0.05) is 12.6 Å². The molecule has 0 aromatic carbocycles. The standard InChI is InChI=1S/C11H19N3O/c1-10(9-13-11(15)5-6-12)14-7-3-2-4-8-14/h10H,2-5,7-9H2,1H3,(H,13,15). The lowest BCUT2D eigenvalue weighted by molar-refractivity contribution is -0.120. The molecule has 1 atom stereocenters. The molecule has 1 aliphatic heterocycles. The van der Waals surface area contributed by atoms with Crippen LogP contribution in [0.2, 0.25) is 0 Å². The predicted molar refractivity (Wildman–Crippen MR) is 58.1 cm³/mol. The SMILES string of the molecule is CC(CNC(=O)CC#N)N1CCCCC1. The highest BCUT2D eigenvalue weighted by molar-refractivity contribution is 5.77. The molecule has 4 heteroatoms. The summed E-state index contributed by atoms with van der Waals surface area (Å²) in [6.45, 7) is 5.04. The second-order valence-electron chi connectivity index (χ2n) is 4.08. The van der Waals surface area contributed by atoms with Crippen molar-refractivity contribution in [2.45, 2.75) is 38.6 Å². The maximum atomic E-state index is 11.1. The molecule has 0 aliphatic carbocycles. The van der Waals surface area contributed by atoms with E-state index in [0.717, 1.165) is 13.1 Å². The summed E-state index contributed by atoms with van der Waals surface area (Å²) in [5.74, 6) is -0.165. The van der Waals surface area contributed by atoms with Crippen LogP contribution in [0.3, 0.4) is 0 Å². The number of nitriles is 1. The molecule has 1 unspecified atom stereocenters. The predicted octanol–water partition coefficient (Wildman–Crippen LogP) is 0.891. The average molecular weight is 209 g/mol. The third kappa shape index (κ3) is 4.30. The molecule has 4 nitrogen and oxygen atoms in total. The van der Waals surface area contributed by atoms with Gasteiger partial charge in [-0.25, -0.2) is 0 Å². The average Bonchev–Trinajstić information content (AvgIpc) is 2.27. The first kappa shape index (κ1) is 12.0. The van der Waals surface area contributed by atoms with Crippen molar-refractivity contribution in [3.05, 3.63) is 0 Å². The summed E-state index contributed by atoms with van der Waals surface area (Å²) in [6.07, 6.45) is 3.81. The summed E-state index contributed by atoms with van der Waals surface area (Å²) in [4.78, 5) is 13.5. The number of amides is 1. The van der Waals surface area contributed by atoms with Crippen molar-refractivity contribution in [2.75, 3.05) is 19.6 Å². The molecule has 1 N–H and O–H groups in total. The molecule has 1 saturated heterocycles. The molecule has 1 rings (SSSR count). The minimum absolute atomic E-state index is 0.0350. The highest BCUT2D eigenvalue weighted by atomic mass is 16.1. The van der Waals surface area contributed by atoms with E-state index < -0.39 is 0 Å². The van der Waals surface area contributed by atoms with Crippen LogP contribution >= 0.6 is 0 Å². The minimum Gasteiger partial charge on any atom is -0.354 e. The van der Waals surface area contributed by atoms with Gasteiger partial charge in [-0.3, -0.25) is 9.69 Å². The first-order valence-corrected chi connectivity index (χ1v) is 5.61. The van der Waals surface area contributed by atoms with Crippen molar-refractivity contribution >= 4 is 5.91 Å². The van der Waals surface area contributed by atoms with Crippen LogP contribution in [0.1, 0.15) is 32.6 Å². The molecule has 1 amide bonds. The van der Waals surface area contributed by atoms with E-state index in [4.69, 9.17) is 5.26 Å². The van der Waals surface area contributed by atoms with Crippen LogP contribution < -0.4 is 5.32 Å². The second-order valence-corrected chi connectivity index (χ2v) is 4.08. The molecule has 0 radical (unpaired) electrons. The molecule has 84 valence electrons. The molecule has 0 aromatic rings. The van der Waals surface area contributed by atoms with Gasteiger partial charge in [0.15, 0.2) is 0 Å². The van der Waals surface area contributed by atoms with E-state index >= 15 is 0 Å². The lowest BCUT2D eigenvalue weighted by atomic mass is 10.1. The number of rotatable bonds is 4. The van der Waals surface area contributed by atoms with Crippen molar-refractivity contribution < 1.29 is 4.79 Å². The topological polar surface area (TPSA) is 56.1 Å². The van der Waals surface area contributed by atoms with Gasteiger partial charge >= 0.3 is 0 Å². The zero-order valence-electron chi connectivity index (χ0n) is 9.33. The van der Waals surface area contributed by atoms with E-state index in [1.165, 1.54) is 19.3 Å². The maximum absolute atomic E-state index is 11.1. The van der Waals surface area contributed by atoms with Crippen LogP contribution in [0.4, 0.5) is 0 Å². The Labute approximate surface area is 91.2 Å². The van der Waals surface area contributed by atoms with E-state index in [0.29, 0.717) is 12.6 Å². The first-order chi connectivity index (χ1) is 7.24. The first-order valence-electron chi connectivity index (χ1n) is 5.61. The molecule has 1 aliphatic rings. The van der Waals surface area contributed by atoms with Gasteiger partial charge in [0.05, 0.1) is 6.07 Å².